The number of esters is 1. The molecule has 0 fully saturated rings. The van der Waals surface area contributed by atoms with E-state index in [2.05, 4.69) is 27.2 Å². The Kier molecular flexibility index (Phi) is 18.0. The number of phenols is 1. The molecule has 0 bridgehead atoms. The van der Waals surface area contributed by atoms with E-state index in [1.54, 1.807) is 42.5 Å². The maximum absolute atomic E-state index is 13.5. The first-order valence-corrected chi connectivity index (χ1v) is 22.2. The van der Waals surface area contributed by atoms with Crippen molar-refractivity contribution in [2.24, 2.45) is 5.73 Å². The fraction of sp³-hybridized carbons (Fsp3) is 0.525. The van der Waals surface area contributed by atoms with E-state index < -0.39 is 21.9 Å². The van der Waals surface area contributed by atoms with E-state index in [1.165, 1.54) is 86.7 Å². The number of amides is 1. The van der Waals surface area contributed by atoms with Gasteiger partial charge in [0.2, 0.25) is 15.2 Å². The zero-order valence-corrected chi connectivity index (χ0v) is 33.8. The van der Waals surface area contributed by atoms with Crippen LogP contribution < -0.4 is 15.2 Å². The number of thioether (sulfide) groups is 1. The van der Waals surface area contributed by atoms with Gasteiger partial charge in [-0.1, -0.05) is 139 Å². The average molecular weight is 797 g/mol. The lowest BCUT2D eigenvalue weighted by atomic mass is 10.0. The molecule has 0 saturated carbocycles. The molecule has 13 nitrogen and oxygen atoms in total. The summed E-state index contributed by atoms with van der Waals surface area (Å²) in [5.41, 5.74) is 6.37. The van der Waals surface area contributed by atoms with Crippen LogP contribution in [0.5, 0.6) is 17.2 Å². The summed E-state index contributed by atoms with van der Waals surface area (Å²) in [5.74, 6) is -0.867. The number of nitrogens with zero attached hydrogens (tertiary/aromatic N) is 4. The smallest absolute Gasteiger partial charge is 0.327 e. The molecule has 4 N–H and O–H groups in total. The van der Waals surface area contributed by atoms with Crippen LogP contribution in [0.1, 0.15) is 126 Å². The summed E-state index contributed by atoms with van der Waals surface area (Å²) in [6.45, 7) is 4.31. The molecule has 0 radical (unpaired) electrons. The van der Waals surface area contributed by atoms with Gasteiger partial charge in [0, 0.05) is 16.5 Å². The number of unbranched alkanes of at least 4 members (excludes halogenated alkanes) is 13. The van der Waals surface area contributed by atoms with Crippen molar-refractivity contribution in [2.45, 2.75) is 128 Å². The topological polar surface area (TPSA) is 189 Å². The van der Waals surface area contributed by atoms with Crippen LogP contribution in [0.4, 0.5) is 5.69 Å². The Bertz CT molecular complexity index is 1940. The number of carbonyl (C=O) groups excluding carboxylic acids is 2. The van der Waals surface area contributed by atoms with E-state index in [1.807, 2.05) is 6.92 Å². The number of carbonyl (C=O) groups is 2. The van der Waals surface area contributed by atoms with Gasteiger partial charge in [-0.3, -0.25) is 14.3 Å². The summed E-state index contributed by atoms with van der Waals surface area (Å²) in [6, 6.07) is 13.3. The van der Waals surface area contributed by atoms with E-state index in [9.17, 15) is 23.1 Å². The number of primary amides is 1. The SMILES string of the molecule is CCCCCCCCCCCCCCCCS(=O)(=O)Nc1cc(CSc2nnnn2CC(=O)OCCC)ccc1Oc1cc(C(N)=O)c(O)c2ccccc12. The van der Waals surface area contributed by atoms with Crippen LogP contribution in [0.15, 0.2) is 53.7 Å². The van der Waals surface area contributed by atoms with Crippen molar-refractivity contribution in [3.05, 3.63) is 59.7 Å². The predicted octanol–water partition coefficient (Wildman–Crippen LogP) is 8.89. The van der Waals surface area contributed by atoms with Gasteiger partial charge in [-0.25, -0.2) is 13.1 Å². The van der Waals surface area contributed by atoms with Crippen LogP contribution in [0.3, 0.4) is 0 Å². The second-order valence-corrected chi connectivity index (χ2v) is 16.5. The summed E-state index contributed by atoms with van der Waals surface area (Å²) in [6.07, 6.45) is 17.0. The molecule has 1 aromatic heterocycles. The molecule has 0 unspecified atom stereocenters. The van der Waals surface area contributed by atoms with Gasteiger partial charge in [-0.05, 0) is 47.0 Å². The van der Waals surface area contributed by atoms with Crippen LogP contribution in [-0.2, 0) is 31.9 Å². The van der Waals surface area contributed by atoms with Crippen molar-refractivity contribution in [1.82, 2.24) is 20.2 Å². The minimum atomic E-state index is -3.78. The highest BCUT2D eigenvalue weighted by atomic mass is 32.2. The van der Waals surface area contributed by atoms with Gasteiger partial charge >= 0.3 is 5.97 Å². The molecule has 0 spiro atoms. The van der Waals surface area contributed by atoms with E-state index in [-0.39, 0.29) is 40.8 Å². The molecule has 0 aliphatic rings. The summed E-state index contributed by atoms with van der Waals surface area (Å²) in [5, 5.41) is 23.6. The zero-order valence-electron chi connectivity index (χ0n) is 32.1. The van der Waals surface area contributed by atoms with Crippen LogP contribution >= 0.6 is 11.8 Å². The van der Waals surface area contributed by atoms with E-state index in [0.717, 1.165) is 24.8 Å². The zero-order chi connectivity index (χ0) is 39.5. The highest BCUT2D eigenvalue weighted by Gasteiger charge is 2.20. The Balaban J connectivity index is 1.42. The molecule has 0 atom stereocenters. The third-order valence-corrected chi connectivity index (χ3v) is 11.5. The number of tetrazole rings is 1. The number of ether oxygens (including phenoxy) is 2. The van der Waals surface area contributed by atoms with Gasteiger partial charge < -0.3 is 20.3 Å². The number of hydrogen-bond acceptors (Lipinski definition) is 11. The predicted molar refractivity (Wildman–Crippen MR) is 217 cm³/mol. The largest absolute Gasteiger partial charge is 0.506 e. The van der Waals surface area contributed by atoms with E-state index >= 15 is 0 Å². The second-order valence-electron chi connectivity index (χ2n) is 13.8. The van der Waals surface area contributed by atoms with Crippen molar-refractivity contribution in [3.63, 3.8) is 0 Å². The van der Waals surface area contributed by atoms with E-state index in [0.29, 0.717) is 41.1 Å². The standard InChI is InChI=1S/C40H56N6O7S2/c1-3-5-6-7-8-9-10-11-12-13-14-15-16-19-25-55(50,51)43-34-26-30(29-54-40-42-44-45-46(40)28-37(47)52-24-4-2)22-23-35(34)53-36-27-33(39(41)49)38(48)32-21-18-17-20-31(32)36/h17-18,20-23,26-27,43,48H,3-16,19,24-25,28-29H2,1-2H3,(H2,41,49). The summed E-state index contributed by atoms with van der Waals surface area (Å²) < 4.78 is 42.5. The maximum Gasteiger partial charge on any atom is 0.327 e. The molecular weight excluding hydrogens is 741 g/mol. The maximum atomic E-state index is 13.5. The third-order valence-electron chi connectivity index (χ3n) is 9.15. The van der Waals surface area contributed by atoms with Gasteiger partial charge in [0.15, 0.2) is 5.75 Å². The number of aromatic hydroxyl groups is 1. The Morgan fingerprint density at radius 1 is 0.836 bits per heavy atom. The number of nitrogens with one attached hydrogen (secondary N) is 1. The number of aromatic nitrogens is 4. The number of sulfonamides is 1. The number of rotatable bonds is 27. The van der Waals surface area contributed by atoms with Crippen molar-refractivity contribution in [2.75, 3.05) is 17.1 Å². The fourth-order valence-corrected chi connectivity index (χ4v) is 8.19. The van der Waals surface area contributed by atoms with Crippen molar-refractivity contribution >= 4 is 50.1 Å². The second kappa shape index (κ2) is 22.9. The first kappa shape index (κ1) is 43.4. The highest BCUT2D eigenvalue weighted by Crippen LogP contribution is 2.40. The lowest BCUT2D eigenvalue weighted by Gasteiger charge is -2.17. The molecular formula is C40H56N6O7S2. The summed E-state index contributed by atoms with van der Waals surface area (Å²) >= 11 is 1.27. The van der Waals surface area contributed by atoms with Crippen LogP contribution in [-0.4, -0.2) is 58.0 Å². The van der Waals surface area contributed by atoms with Gasteiger partial charge in [0.05, 0.1) is 23.6 Å². The van der Waals surface area contributed by atoms with Crippen LogP contribution in [0, 0.1) is 0 Å². The Hall–Kier alpha value is -4.37. The number of anilines is 1. The first-order chi connectivity index (χ1) is 26.6. The minimum Gasteiger partial charge on any atom is -0.506 e. The average Bonchev–Trinajstić information content (AvgIpc) is 3.61. The molecule has 55 heavy (non-hydrogen) atoms. The normalized spacial score (nSPS) is 11.5. The lowest BCUT2D eigenvalue weighted by molar-refractivity contribution is -0.144. The molecule has 300 valence electrons. The van der Waals surface area contributed by atoms with E-state index in [4.69, 9.17) is 15.2 Å². The quantitative estimate of drug-likeness (QED) is 0.0297. The van der Waals surface area contributed by atoms with Crippen molar-refractivity contribution < 1.29 is 32.6 Å². The molecule has 0 aliphatic carbocycles. The summed E-state index contributed by atoms with van der Waals surface area (Å²) in [4.78, 5) is 24.4. The number of hydrogen-bond donors (Lipinski definition) is 3. The minimum absolute atomic E-state index is 0.0552. The van der Waals surface area contributed by atoms with Crippen LogP contribution in [0.2, 0.25) is 0 Å². The molecule has 0 saturated heterocycles. The fourth-order valence-electron chi connectivity index (χ4n) is 6.19. The van der Waals surface area contributed by atoms with Crippen molar-refractivity contribution in [1.29, 1.82) is 0 Å². The summed E-state index contributed by atoms with van der Waals surface area (Å²) in [7, 11) is -3.78. The molecule has 1 amide bonds. The Morgan fingerprint density at radius 3 is 2.11 bits per heavy atom. The van der Waals surface area contributed by atoms with Gasteiger partial charge in [0.1, 0.15) is 18.0 Å². The molecule has 4 rings (SSSR count). The molecule has 4 aromatic rings. The lowest BCUT2D eigenvalue weighted by Crippen LogP contribution is -2.17. The van der Waals surface area contributed by atoms with Crippen molar-refractivity contribution in [3.8, 4) is 17.2 Å². The number of benzene rings is 3. The molecule has 1 heterocycles. The molecule has 3 aromatic carbocycles. The van der Waals surface area contributed by atoms with Gasteiger partial charge in [0.25, 0.3) is 5.91 Å². The van der Waals surface area contributed by atoms with Gasteiger partial charge in [-0.15, -0.1) is 5.10 Å². The third kappa shape index (κ3) is 14.3. The van der Waals surface area contributed by atoms with Gasteiger partial charge in [-0.2, -0.15) is 0 Å². The number of nitrogens with two attached hydrogens (primary N) is 1. The Morgan fingerprint density at radius 2 is 1.47 bits per heavy atom. The monoisotopic (exact) mass is 796 g/mol. The molecule has 0 aliphatic heterocycles. The molecule has 15 heteroatoms. The number of fused-ring (bicyclic) bond motifs is 1. The Labute approximate surface area is 329 Å². The van der Waals surface area contributed by atoms with Crippen LogP contribution in [0.25, 0.3) is 10.8 Å². The highest BCUT2D eigenvalue weighted by molar-refractivity contribution is 7.98. The first-order valence-electron chi connectivity index (χ1n) is 19.5.